The van der Waals surface area contributed by atoms with Crippen LogP contribution in [0.4, 0.5) is 0 Å². The number of aliphatic hydroxyl groups is 1. The molecule has 6 aromatic rings. The minimum atomic E-state index is -1.74. The van der Waals surface area contributed by atoms with E-state index in [2.05, 4.69) is 111 Å². The van der Waals surface area contributed by atoms with Gasteiger partial charge < -0.3 is 14.1 Å². The van der Waals surface area contributed by atoms with Crippen molar-refractivity contribution >= 4 is 62.8 Å². The van der Waals surface area contributed by atoms with E-state index in [4.69, 9.17) is 4.42 Å². The molecule has 1 radical (unpaired) electrons. The van der Waals surface area contributed by atoms with Crippen LogP contribution in [-0.2, 0) is 31.3 Å². The molecule has 0 atom stereocenters. The number of ketones is 1. The van der Waals surface area contributed by atoms with E-state index < -0.39 is 8.07 Å². The molecule has 5 nitrogen and oxygen atoms in total. The molecule has 0 bridgehead atoms. The Labute approximate surface area is 324 Å². The van der Waals surface area contributed by atoms with Crippen LogP contribution in [0.2, 0.25) is 19.6 Å². The second kappa shape index (κ2) is 17.4. The van der Waals surface area contributed by atoms with Gasteiger partial charge in [-0.05, 0) is 84.0 Å². The van der Waals surface area contributed by atoms with Crippen molar-refractivity contribution in [3.05, 3.63) is 97.4 Å². The summed E-state index contributed by atoms with van der Waals surface area (Å²) in [6, 6.07) is 25.5. The van der Waals surface area contributed by atoms with Gasteiger partial charge in [0.25, 0.3) is 0 Å². The third kappa shape index (κ3) is 8.54. The molecule has 1 N–H and O–H groups in total. The monoisotopic (exact) mass is 892 g/mol. The maximum absolute atomic E-state index is 11.7. The molecule has 0 aliphatic rings. The quantitative estimate of drug-likeness (QED) is 0.0351. The first-order valence-corrected chi connectivity index (χ1v) is 22.2. The summed E-state index contributed by atoms with van der Waals surface area (Å²) in [5, 5.41) is 17.2. The van der Waals surface area contributed by atoms with E-state index >= 15 is 0 Å². The fraction of sp³-hybridized carbons (Fsp3) is 0.378. The summed E-state index contributed by atoms with van der Waals surface area (Å²) in [6.07, 6.45) is 7.64. The number of furan rings is 1. The minimum absolute atomic E-state index is 0. The Balaban J connectivity index is 0.000000323. The Morgan fingerprint density at radius 3 is 2.21 bits per heavy atom. The molecule has 0 spiro atoms. The van der Waals surface area contributed by atoms with Gasteiger partial charge in [-0.2, -0.15) is 0 Å². The zero-order chi connectivity index (χ0) is 37.0. The number of benzene rings is 3. The number of carbonyl (C=O) groups is 1. The molecule has 7 heteroatoms. The Morgan fingerprint density at radius 2 is 1.58 bits per heavy atom. The number of rotatable bonds is 11. The van der Waals surface area contributed by atoms with Crippen LogP contribution in [0.15, 0.2) is 83.1 Å². The predicted octanol–water partition coefficient (Wildman–Crippen LogP) is 11.3. The van der Waals surface area contributed by atoms with Gasteiger partial charge in [0.1, 0.15) is 11.2 Å². The molecule has 0 aliphatic carbocycles. The van der Waals surface area contributed by atoms with Gasteiger partial charge in [0, 0.05) is 56.6 Å². The van der Waals surface area contributed by atoms with Gasteiger partial charge in [-0.1, -0.05) is 102 Å². The van der Waals surface area contributed by atoms with E-state index in [1.807, 2.05) is 33.8 Å². The van der Waals surface area contributed by atoms with E-state index in [0.717, 1.165) is 65.2 Å². The fourth-order valence-electron chi connectivity index (χ4n) is 7.20. The molecule has 0 unspecified atom stereocenters. The fourth-order valence-corrected chi connectivity index (χ4v) is 8.78. The predicted molar refractivity (Wildman–Crippen MR) is 217 cm³/mol. The summed E-state index contributed by atoms with van der Waals surface area (Å²) >= 11 is 0. The molecule has 0 saturated carbocycles. The summed E-state index contributed by atoms with van der Waals surface area (Å²) in [6.45, 7) is 19.8. The van der Waals surface area contributed by atoms with Gasteiger partial charge in [0.05, 0.1) is 19.4 Å². The minimum Gasteiger partial charge on any atom is -0.512 e. The smallest absolute Gasteiger partial charge is 0.216 e. The summed E-state index contributed by atoms with van der Waals surface area (Å²) in [5.74, 6) is 1.07. The Bertz CT molecular complexity index is 2200. The average Bonchev–Trinajstić information content (AvgIpc) is 3.47. The van der Waals surface area contributed by atoms with E-state index in [0.29, 0.717) is 11.6 Å². The molecule has 277 valence electrons. The van der Waals surface area contributed by atoms with Gasteiger partial charge in [0.2, 0.25) is 5.71 Å². The van der Waals surface area contributed by atoms with Gasteiger partial charge in [0.15, 0.2) is 5.78 Å². The van der Waals surface area contributed by atoms with Gasteiger partial charge in [-0.15, -0.1) is 17.7 Å². The van der Waals surface area contributed by atoms with Gasteiger partial charge >= 0.3 is 0 Å². The van der Waals surface area contributed by atoms with Crippen LogP contribution in [0.1, 0.15) is 72.8 Å². The molecule has 3 aromatic carbocycles. The molecule has 6 rings (SSSR count). The molecule has 0 aliphatic heterocycles. The number of nitrogens with zero attached hydrogens (tertiary/aromatic N) is 2. The van der Waals surface area contributed by atoms with Crippen molar-refractivity contribution in [2.45, 2.75) is 93.3 Å². The van der Waals surface area contributed by atoms with Crippen molar-refractivity contribution in [3.63, 3.8) is 0 Å². The molecule has 0 fully saturated rings. The zero-order valence-electron chi connectivity index (χ0n) is 32.4. The first-order valence-electron chi connectivity index (χ1n) is 18.7. The molecule has 52 heavy (non-hydrogen) atoms. The molecule has 3 aromatic heterocycles. The van der Waals surface area contributed by atoms with Crippen molar-refractivity contribution < 1.29 is 39.0 Å². The maximum Gasteiger partial charge on any atom is 0.216 e. The molecule has 3 heterocycles. The average molecular weight is 892 g/mol. The topological polar surface area (TPSA) is 67.2 Å². The number of aliphatic hydroxyl groups excluding tert-OH is 1. The molecular weight excluding hydrogens is 837 g/mol. The normalized spacial score (nSPS) is 12.3. The third-order valence-corrected chi connectivity index (χ3v) is 12.2. The van der Waals surface area contributed by atoms with Crippen molar-refractivity contribution in [1.29, 1.82) is 0 Å². The van der Waals surface area contributed by atoms with Crippen molar-refractivity contribution in [1.82, 2.24) is 4.98 Å². The van der Waals surface area contributed by atoms with Gasteiger partial charge in [-0.25, -0.2) is 4.98 Å². The summed E-state index contributed by atoms with van der Waals surface area (Å²) in [4.78, 5) is 16.2. The van der Waals surface area contributed by atoms with E-state index in [1.165, 1.54) is 33.0 Å². The summed E-state index contributed by atoms with van der Waals surface area (Å²) in [5.41, 5.74) is 5.81. The molecule has 0 amide bonds. The van der Waals surface area contributed by atoms with Crippen LogP contribution in [0.5, 0.6) is 0 Å². The number of aromatic nitrogens is 2. The van der Waals surface area contributed by atoms with E-state index in [1.54, 1.807) is 6.20 Å². The zero-order valence-corrected chi connectivity index (χ0v) is 35.8. The van der Waals surface area contributed by atoms with Crippen LogP contribution < -0.4 is 9.75 Å². The number of carbonyl (C=O) groups excluding carboxylic acids is 1. The van der Waals surface area contributed by atoms with Crippen LogP contribution >= 0.6 is 0 Å². The Kier molecular flexibility index (Phi) is 13.7. The second-order valence-corrected chi connectivity index (χ2v) is 20.3. The SMILES string of the molecule is CCC(CC)C(=O)/C=C(\O)C(CC)CC.[CH2-][n+]1c(-c2[c-]c(CC(C)C)cc3c2oc2ncccc23)cc([Si](C)(C)C)c2c3ccccc3ccc21.[Ir]. The number of hydrogen-bond donors (Lipinski definition) is 1. The largest absolute Gasteiger partial charge is 0.512 e. The Hall–Kier alpha value is -3.77. The van der Waals surface area contributed by atoms with Gasteiger partial charge in [-0.3, -0.25) is 4.79 Å². The Morgan fingerprint density at radius 1 is 0.923 bits per heavy atom. The molecular formula is C45H55IrN2O3Si-. The first-order chi connectivity index (χ1) is 24.3. The van der Waals surface area contributed by atoms with Crippen molar-refractivity contribution in [3.8, 4) is 11.3 Å². The van der Waals surface area contributed by atoms with Crippen LogP contribution in [0.25, 0.3) is 55.0 Å². The number of allylic oxidation sites excluding steroid dienone is 2. The molecule has 0 saturated heterocycles. The standard InChI is InChI=1S/C32H31N2OSi.C13H24O2.Ir/c1-20(2)16-21-17-25-24-12-9-15-33-32(24)35-31(25)26(18-21)28-19-29(36(4,5)6)30-23-11-8-7-10-22(23)13-14-27(30)34(28)3;1-5-10(6-2)12(14)9-13(15)11(7-3)8-4;/h7-15,17,19-20H,3,16H2,1-2,4-6H3;9-11,14H,5-8H2,1-4H3;/q-1;;/b;12-9-;. The van der Waals surface area contributed by atoms with E-state index in [9.17, 15) is 9.90 Å². The van der Waals surface area contributed by atoms with Crippen molar-refractivity contribution in [2.24, 2.45) is 17.8 Å². The van der Waals surface area contributed by atoms with Crippen LogP contribution in [-0.4, -0.2) is 23.9 Å². The van der Waals surface area contributed by atoms with E-state index in [-0.39, 0.29) is 43.5 Å². The van der Waals surface area contributed by atoms with Crippen LogP contribution in [0, 0.1) is 30.9 Å². The number of fused-ring (bicyclic) bond motifs is 6. The third-order valence-electron chi connectivity index (χ3n) is 10.1. The number of pyridine rings is 2. The summed E-state index contributed by atoms with van der Waals surface area (Å²) in [7, 11) is 2.82. The maximum atomic E-state index is 11.7. The summed E-state index contributed by atoms with van der Waals surface area (Å²) < 4.78 is 8.47. The van der Waals surface area contributed by atoms with Crippen molar-refractivity contribution in [2.75, 3.05) is 0 Å². The number of hydrogen-bond acceptors (Lipinski definition) is 4. The van der Waals surface area contributed by atoms with Crippen LogP contribution in [0.3, 0.4) is 0 Å². The second-order valence-electron chi connectivity index (χ2n) is 15.3. The first kappa shape index (κ1) is 41.0.